The van der Waals surface area contributed by atoms with Gasteiger partial charge in [-0.1, -0.05) is 18.6 Å². The van der Waals surface area contributed by atoms with Gasteiger partial charge in [0.1, 0.15) is 12.4 Å². The number of fused-ring (bicyclic) bond motifs is 1. The van der Waals surface area contributed by atoms with Gasteiger partial charge in [-0.05, 0) is 63.7 Å². The molecule has 0 spiro atoms. The maximum Gasteiger partial charge on any atom is 0.319 e. The number of para-hydroxylation sites is 2. The van der Waals surface area contributed by atoms with Gasteiger partial charge in [0, 0.05) is 19.2 Å². The first kappa shape index (κ1) is 20.0. The summed E-state index contributed by atoms with van der Waals surface area (Å²) in [6, 6.07) is 8.00. The van der Waals surface area contributed by atoms with Gasteiger partial charge in [0.05, 0.1) is 12.3 Å². The molecular formula is C21H33N3O3. The van der Waals surface area contributed by atoms with E-state index >= 15 is 0 Å². The monoisotopic (exact) mass is 375 g/mol. The average molecular weight is 376 g/mol. The molecule has 0 saturated carbocycles. The van der Waals surface area contributed by atoms with Gasteiger partial charge in [-0.25, -0.2) is 4.79 Å². The Balaban J connectivity index is 1.47. The SMILES string of the molecule is CCOCCOc1ccccc1NC(=O)NC[C@@H]1CCCN2CCCC[C@H]12. The van der Waals surface area contributed by atoms with Crippen molar-refractivity contribution in [3.63, 3.8) is 0 Å². The topological polar surface area (TPSA) is 62.8 Å². The van der Waals surface area contributed by atoms with Crippen LogP contribution in [-0.4, -0.2) is 56.4 Å². The van der Waals surface area contributed by atoms with E-state index in [4.69, 9.17) is 9.47 Å². The Labute approximate surface area is 162 Å². The fourth-order valence-electron chi connectivity index (χ4n) is 4.26. The summed E-state index contributed by atoms with van der Waals surface area (Å²) in [5.74, 6) is 1.23. The summed E-state index contributed by atoms with van der Waals surface area (Å²) in [5, 5.41) is 6.01. The first-order chi connectivity index (χ1) is 13.3. The van der Waals surface area contributed by atoms with Gasteiger partial charge in [0.15, 0.2) is 0 Å². The van der Waals surface area contributed by atoms with Crippen molar-refractivity contribution >= 4 is 11.7 Å². The molecule has 2 N–H and O–H groups in total. The van der Waals surface area contributed by atoms with Gasteiger partial charge in [-0.15, -0.1) is 0 Å². The first-order valence-electron chi connectivity index (χ1n) is 10.4. The minimum Gasteiger partial charge on any atom is -0.489 e. The molecule has 0 bridgehead atoms. The molecule has 2 aliphatic rings. The highest BCUT2D eigenvalue weighted by atomic mass is 16.5. The molecule has 0 radical (unpaired) electrons. The molecule has 2 fully saturated rings. The molecule has 2 aliphatic heterocycles. The number of anilines is 1. The van der Waals surface area contributed by atoms with Crippen molar-refractivity contribution in [3.05, 3.63) is 24.3 Å². The van der Waals surface area contributed by atoms with Gasteiger partial charge >= 0.3 is 6.03 Å². The third-order valence-corrected chi connectivity index (χ3v) is 5.58. The highest BCUT2D eigenvalue weighted by Crippen LogP contribution is 2.30. The first-order valence-corrected chi connectivity index (χ1v) is 10.4. The van der Waals surface area contributed by atoms with Gasteiger partial charge in [-0.2, -0.15) is 0 Å². The largest absolute Gasteiger partial charge is 0.489 e. The molecule has 1 aromatic rings. The number of urea groups is 1. The summed E-state index contributed by atoms with van der Waals surface area (Å²) in [4.78, 5) is 15.1. The minimum absolute atomic E-state index is 0.163. The van der Waals surface area contributed by atoms with Crippen LogP contribution in [-0.2, 0) is 4.74 Å². The summed E-state index contributed by atoms with van der Waals surface area (Å²) in [7, 11) is 0. The number of hydrogen-bond acceptors (Lipinski definition) is 4. The van der Waals surface area contributed by atoms with Crippen molar-refractivity contribution in [3.8, 4) is 5.75 Å². The molecule has 1 aromatic carbocycles. The van der Waals surface area contributed by atoms with Crippen LogP contribution in [0.2, 0.25) is 0 Å². The quantitative estimate of drug-likeness (QED) is 0.683. The lowest BCUT2D eigenvalue weighted by Crippen LogP contribution is -2.51. The van der Waals surface area contributed by atoms with E-state index in [-0.39, 0.29) is 6.03 Å². The lowest BCUT2D eigenvalue weighted by molar-refractivity contribution is 0.0607. The third kappa shape index (κ3) is 5.84. The third-order valence-electron chi connectivity index (χ3n) is 5.58. The predicted octanol–water partition coefficient (Wildman–Crippen LogP) is 3.49. The molecule has 150 valence electrons. The van der Waals surface area contributed by atoms with E-state index in [2.05, 4.69) is 15.5 Å². The van der Waals surface area contributed by atoms with Gasteiger partial charge in [0.2, 0.25) is 0 Å². The molecule has 2 saturated heterocycles. The number of benzene rings is 1. The molecule has 27 heavy (non-hydrogen) atoms. The number of ether oxygens (including phenoxy) is 2. The van der Waals surface area contributed by atoms with Crippen LogP contribution in [0.1, 0.15) is 39.0 Å². The fraction of sp³-hybridized carbons (Fsp3) is 0.667. The number of amides is 2. The summed E-state index contributed by atoms with van der Waals surface area (Å²) in [6.45, 7) is 6.81. The van der Waals surface area contributed by atoms with Crippen molar-refractivity contribution in [2.45, 2.75) is 45.1 Å². The fourth-order valence-corrected chi connectivity index (χ4v) is 4.26. The summed E-state index contributed by atoms with van der Waals surface area (Å²) < 4.78 is 11.0. The number of piperidine rings is 2. The van der Waals surface area contributed by atoms with Crippen LogP contribution in [0.4, 0.5) is 10.5 Å². The Bertz CT molecular complexity index is 594. The summed E-state index contributed by atoms with van der Waals surface area (Å²) >= 11 is 0. The van der Waals surface area contributed by atoms with E-state index < -0.39 is 0 Å². The molecule has 0 aliphatic carbocycles. The smallest absolute Gasteiger partial charge is 0.319 e. The van der Waals surface area contributed by atoms with E-state index in [0.717, 1.165) is 6.54 Å². The number of carbonyl (C=O) groups excluding carboxylic acids is 1. The second-order valence-corrected chi connectivity index (χ2v) is 7.38. The van der Waals surface area contributed by atoms with Gasteiger partial charge < -0.3 is 25.0 Å². The summed E-state index contributed by atoms with van der Waals surface area (Å²) in [6.07, 6.45) is 6.34. The van der Waals surface area contributed by atoms with Crippen molar-refractivity contribution < 1.29 is 14.3 Å². The minimum atomic E-state index is -0.163. The van der Waals surface area contributed by atoms with E-state index in [1.165, 1.54) is 45.2 Å². The average Bonchev–Trinajstić information content (AvgIpc) is 2.71. The maximum atomic E-state index is 12.4. The van der Waals surface area contributed by atoms with Crippen LogP contribution in [0, 0.1) is 5.92 Å². The molecule has 2 amide bonds. The number of nitrogens with one attached hydrogen (secondary N) is 2. The standard InChI is InChI=1S/C21H33N3O3/c1-2-26-14-15-27-20-11-4-3-9-18(20)23-21(25)22-16-17-8-7-13-24-12-6-5-10-19(17)24/h3-4,9,11,17,19H,2,5-8,10,12-16H2,1H3,(H2,22,23,25)/t17-,19+/m0/s1. The van der Waals surface area contributed by atoms with Crippen LogP contribution in [0.3, 0.4) is 0 Å². The summed E-state index contributed by atoms with van der Waals surface area (Å²) in [5.41, 5.74) is 0.689. The van der Waals surface area contributed by atoms with Crippen LogP contribution in [0.15, 0.2) is 24.3 Å². The lowest BCUT2D eigenvalue weighted by atomic mass is 9.83. The Hall–Kier alpha value is -1.79. The normalized spacial score (nSPS) is 22.7. The molecule has 2 heterocycles. The molecule has 0 unspecified atom stereocenters. The zero-order valence-corrected chi connectivity index (χ0v) is 16.4. The Morgan fingerprint density at radius 1 is 1.15 bits per heavy atom. The Morgan fingerprint density at radius 2 is 2.00 bits per heavy atom. The molecular weight excluding hydrogens is 342 g/mol. The maximum absolute atomic E-state index is 12.4. The van der Waals surface area contributed by atoms with Crippen molar-refractivity contribution in [2.75, 3.05) is 44.8 Å². The van der Waals surface area contributed by atoms with Crippen molar-refractivity contribution in [1.29, 1.82) is 0 Å². The highest BCUT2D eigenvalue weighted by Gasteiger charge is 2.32. The highest BCUT2D eigenvalue weighted by molar-refractivity contribution is 5.90. The lowest BCUT2D eigenvalue weighted by Gasteiger charge is -2.44. The molecule has 2 atom stereocenters. The number of carbonyl (C=O) groups is 1. The zero-order chi connectivity index (χ0) is 18.9. The molecule has 6 nitrogen and oxygen atoms in total. The molecule has 0 aromatic heterocycles. The van der Waals surface area contributed by atoms with Crippen LogP contribution < -0.4 is 15.4 Å². The van der Waals surface area contributed by atoms with Crippen molar-refractivity contribution in [1.82, 2.24) is 10.2 Å². The zero-order valence-electron chi connectivity index (χ0n) is 16.4. The molecule has 3 rings (SSSR count). The van der Waals surface area contributed by atoms with Crippen LogP contribution in [0.25, 0.3) is 0 Å². The van der Waals surface area contributed by atoms with Crippen molar-refractivity contribution in [2.24, 2.45) is 5.92 Å². The van der Waals surface area contributed by atoms with Gasteiger partial charge in [-0.3, -0.25) is 0 Å². The predicted molar refractivity (Wildman–Crippen MR) is 107 cm³/mol. The van der Waals surface area contributed by atoms with Crippen LogP contribution in [0.5, 0.6) is 5.75 Å². The van der Waals surface area contributed by atoms with E-state index in [0.29, 0.717) is 43.2 Å². The Morgan fingerprint density at radius 3 is 2.89 bits per heavy atom. The number of hydrogen-bond donors (Lipinski definition) is 2. The number of nitrogens with zero attached hydrogens (tertiary/aromatic N) is 1. The van der Waals surface area contributed by atoms with E-state index in [1.807, 2.05) is 31.2 Å². The van der Waals surface area contributed by atoms with E-state index in [1.54, 1.807) is 0 Å². The van der Waals surface area contributed by atoms with Crippen LogP contribution >= 0.6 is 0 Å². The second-order valence-electron chi connectivity index (χ2n) is 7.38. The Kier molecular flexibility index (Phi) is 7.78. The second kappa shape index (κ2) is 10.5. The number of rotatable bonds is 8. The van der Waals surface area contributed by atoms with E-state index in [9.17, 15) is 4.79 Å². The van der Waals surface area contributed by atoms with Gasteiger partial charge in [0.25, 0.3) is 0 Å². The molecule has 6 heteroatoms.